The van der Waals surface area contributed by atoms with Gasteiger partial charge in [-0.2, -0.15) is 0 Å². The summed E-state index contributed by atoms with van der Waals surface area (Å²) in [4.78, 5) is 2.11. The number of hydrogen-bond donors (Lipinski definition) is 1. The van der Waals surface area contributed by atoms with E-state index in [1.54, 1.807) is 12.1 Å². The third kappa shape index (κ3) is 3.94. The fourth-order valence-electron chi connectivity index (χ4n) is 1.80. The lowest BCUT2D eigenvalue weighted by Crippen LogP contribution is -2.10. The van der Waals surface area contributed by atoms with Crippen molar-refractivity contribution in [3.8, 4) is 0 Å². The highest BCUT2D eigenvalue weighted by Gasteiger charge is 2.01. The lowest BCUT2D eigenvalue weighted by Gasteiger charge is -2.11. The molecule has 0 spiro atoms. The molecule has 4 heteroatoms. The summed E-state index contributed by atoms with van der Waals surface area (Å²) in [6.07, 6.45) is 0. The average Bonchev–Trinajstić information content (AvgIpc) is 2.36. The van der Waals surface area contributed by atoms with Crippen LogP contribution in [-0.4, -0.2) is 19.0 Å². The van der Waals surface area contributed by atoms with Gasteiger partial charge in [0.15, 0.2) is 0 Å². The molecule has 0 aromatic heterocycles. The number of hydrogen-bond acceptors (Lipinski definition) is 2. The van der Waals surface area contributed by atoms with Gasteiger partial charge in [0.25, 0.3) is 0 Å². The summed E-state index contributed by atoms with van der Waals surface area (Å²) < 4.78 is 13.0. The first-order valence-electron chi connectivity index (χ1n) is 6.00. The maximum absolute atomic E-state index is 13.0. The second-order valence-corrected chi connectivity index (χ2v) is 5.10. The number of benzene rings is 2. The summed E-state index contributed by atoms with van der Waals surface area (Å²) >= 11 is 5.74. The van der Waals surface area contributed by atoms with Crippen LogP contribution in [0, 0.1) is 5.82 Å². The zero-order valence-electron chi connectivity index (χ0n) is 11.0. The van der Waals surface area contributed by atoms with Crippen molar-refractivity contribution in [3.05, 3.63) is 58.9 Å². The molecule has 2 nitrogen and oxygen atoms in total. The van der Waals surface area contributed by atoms with Crippen molar-refractivity contribution in [2.24, 2.45) is 0 Å². The largest absolute Gasteiger partial charge is 0.355 e. The molecule has 0 aliphatic heterocycles. The van der Waals surface area contributed by atoms with Gasteiger partial charge >= 0.3 is 0 Å². The van der Waals surface area contributed by atoms with E-state index in [4.69, 9.17) is 11.6 Å². The molecule has 2 aromatic rings. The van der Waals surface area contributed by atoms with Crippen molar-refractivity contribution >= 4 is 23.0 Å². The van der Waals surface area contributed by atoms with Gasteiger partial charge in [-0.25, -0.2) is 4.39 Å². The van der Waals surface area contributed by atoms with E-state index < -0.39 is 5.82 Å². The highest BCUT2D eigenvalue weighted by molar-refractivity contribution is 6.31. The number of nitrogens with zero attached hydrogens (tertiary/aromatic N) is 1. The quantitative estimate of drug-likeness (QED) is 0.898. The van der Waals surface area contributed by atoms with Crippen LogP contribution in [0.5, 0.6) is 0 Å². The van der Waals surface area contributed by atoms with Crippen molar-refractivity contribution in [3.63, 3.8) is 0 Å². The molecular formula is C15H16ClFN2. The predicted octanol–water partition coefficient (Wildman–Crippen LogP) is 4.28. The van der Waals surface area contributed by atoms with E-state index in [-0.39, 0.29) is 5.02 Å². The Hall–Kier alpha value is -1.58. The SMILES string of the molecule is CN(C)Cc1ccc(Nc2ccc(F)c(Cl)c2)cc1. The fourth-order valence-corrected chi connectivity index (χ4v) is 1.98. The standard InChI is InChI=1S/C15H16ClFN2/c1-19(2)10-11-3-5-12(6-4-11)18-13-7-8-15(17)14(16)9-13/h3-9,18H,10H2,1-2H3. The molecule has 0 atom stereocenters. The first kappa shape index (κ1) is 13.8. The molecule has 1 N–H and O–H groups in total. The summed E-state index contributed by atoms with van der Waals surface area (Å²) in [5.74, 6) is -0.409. The number of rotatable bonds is 4. The molecule has 100 valence electrons. The van der Waals surface area contributed by atoms with Crippen LogP contribution in [0.15, 0.2) is 42.5 Å². The molecular weight excluding hydrogens is 263 g/mol. The number of nitrogens with one attached hydrogen (secondary N) is 1. The van der Waals surface area contributed by atoms with Crippen molar-refractivity contribution in [2.75, 3.05) is 19.4 Å². The molecule has 0 radical (unpaired) electrons. The average molecular weight is 279 g/mol. The van der Waals surface area contributed by atoms with Crippen molar-refractivity contribution < 1.29 is 4.39 Å². The minimum Gasteiger partial charge on any atom is -0.355 e. The molecule has 0 aliphatic rings. The maximum atomic E-state index is 13.0. The number of halogens is 2. The van der Waals surface area contributed by atoms with Gasteiger partial charge in [-0.3, -0.25) is 0 Å². The fraction of sp³-hybridized carbons (Fsp3) is 0.200. The molecule has 0 aliphatic carbocycles. The lowest BCUT2D eigenvalue weighted by molar-refractivity contribution is 0.402. The van der Waals surface area contributed by atoms with Gasteiger partial charge in [0.1, 0.15) is 5.82 Å². The van der Waals surface area contributed by atoms with E-state index in [0.717, 1.165) is 17.9 Å². The van der Waals surface area contributed by atoms with Gasteiger partial charge < -0.3 is 10.2 Å². The Labute approximate surface area is 117 Å². The van der Waals surface area contributed by atoms with Crippen LogP contribution in [0.25, 0.3) is 0 Å². The molecule has 19 heavy (non-hydrogen) atoms. The van der Waals surface area contributed by atoms with Crippen LogP contribution in [-0.2, 0) is 6.54 Å². The van der Waals surface area contributed by atoms with E-state index in [0.29, 0.717) is 0 Å². The van der Waals surface area contributed by atoms with Gasteiger partial charge in [-0.15, -0.1) is 0 Å². The predicted molar refractivity (Wildman–Crippen MR) is 78.5 cm³/mol. The van der Waals surface area contributed by atoms with Crippen LogP contribution >= 0.6 is 11.6 Å². The minimum atomic E-state index is -0.409. The Morgan fingerprint density at radius 1 is 1.05 bits per heavy atom. The van der Waals surface area contributed by atoms with Gasteiger partial charge in [0.2, 0.25) is 0 Å². The summed E-state index contributed by atoms with van der Waals surface area (Å²) in [5, 5.41) is 3.31. The molecule has 0 fully saturated rings. The summed E-state index contributed by atoms with van der Waals surface area (Å²) in [6, 6.07) is 12.7. The third-order valence-corrected chi connectivity index (χ3v) is 2.95. The molecule has 0 heterocycles. The molecule has 0 saturated carbocycles. The van der Waals surface area contributed by atoms with Crippen LogP contribution in [0.2, 0.25) is 5.02 Å². The van der Waals surface area contributed by atoms with Crippen LogP contribution in [0.3, 0.4) is 0 Å². The van der Waals surface area contributed by atoms with Crippen molar-refractivity contribution in [1.82, 2.24) is 4.90 Å². The Bertz CT molecular complexity index is 553. The Kier molecular flexibility index (Phi) is 4.40. The summed E-state index contributed by atoms with van der Waals surface area (Å²) in [5.41, 5.74) is 2.96. The van der Waals surface area contributed by atoms with E-state index >= 15 is 0 Å². The summed E-state index contributed by atoms with van der Waals surface area (Å²) in [7, 11) is 4.07. The zero-order chi connectivity index (χ0) is 13.8. The maximum Gasteiger partial charge on any atom is 0.141 e. The van der Waals surface area contributed by atoms with E-state index in [9.17, 15) is 4.39 Å². The molecule has 2 rings (SSSR count). The van der Waals surface area contributed by atoms with E-state index in [1.807, 2.05) is 26.2 Å². The third-order valence-electron chi connectivity index (χ3n) is 2.66. The van der Waals surface area contributed by atoms with Crippen molar-refractivity contribution in [1.29, 1.82) is 0 Å². The molecule has 0 unspecified atom stereocenters. The number of anilines is 2. The van der Waals surface area contributed by atoms with Gasteiger partial charge in [0.05, 0.1) is 5.02 Å². The molecule has 0 bridgehead atoms. The smallest absolute Gasteiger partial charge is 0.141 e. The molecule has 0 amide bonds. The van der Waals surface area contributed by atoms with Crippen LogP contribution < -0.4 is 5.32 Å². The second kappa shape index (κ2) is 6.04. The molecule has 0 saturated heterocycles. The van der Waals surface area contributed by atoms with Gasteiger partial charge in [-0.05, 0) is 50.0 Å². The monoisotopic (exact) mass is 278 g/mol. The first-order valence-corrected chi connectivity index (χ1v) is 6.38. The highest BCUT2D eigenvalue weighted by atomic mass is 35.5. The topological polar surface area (TPSA) is 15.3 Å². The van der Waals surface area contributed by atoms with Gasteiger partial charge in [-0.1, -0.05) is 23.7 Å². The summed E-state index contributed by atoms with van der Waals surface area (Å²) in [6.45, 7) is 0.905. The Morgan fingerprint density at radius 3 is 2.26 bits per heavy atom. The first-order chi connectivity index (χ1) is 9.04. The van der Waals surface area contributed by atoms with Gasteiger partial charge in [0, 0.05) is 17.9 Å². The Morgan fingerprint density at radius 2 is 1.68 bits per heavy atom. The normalized spacial score (nSPS) is 10.8. The second-order valence-electron chi connectivity index (χ2n) is 4.69. The highest BCUT2D eigenvalue weighted by Crippen LogP contribution is 2.23. The van der Waals surface area contributed by atoms with Crippen molar-refractivity contribution in [2.45, 2.75) is 6.54 Å². The minimum absolute atomic E-state index is 0.120. The lowest BCUT2D eigenvalue weighted by atomic mass is 10.2. The zero-order valence-corrected chi connectivity index (χ0v) is 11.7. The van der Waals surface area contributed by atoms with Crippen LogP contribution in [0.1, 0.15) is 5.56 Å². The molecule has 2 aromatic carbocycles. The van der Waals surface area contributed by atoms with Crippen LogP contribution in [0.4, 0.5) is 15.8 Å². The Balaban J connectivity index is 2.08. The van der Waals surface area contributed by atoms with E-state index in [2.05, 4.69) is 22.3 Å². The van der Waals surface area contributed by atoms with E-state index in [1.165, 1.54) is 11.6 Å².